The van der Waals surface area contributed by atoms with Gasteiger partial charge in [-0.25, -0.2) is 8.42 Å². The highest BCUT2D eigenvalue weighted by Crippen LogP contribution is 2.28. The maximum atomic E-state index is 12.5. The van der Waals surface area contributed by atoms with E-state index in [-0.39, 0.29) is 11.3 Å². The van der Waals surface area contributed by atoms with Gasteiger partial charge in [0.15, 0.2) is 9.84 Å². The number of benzene rings is 1. The molecule has 2 atom stereocenters. The SMILES string of the molecule is CC(O)CCC(C(C)(C)O)S(=O)(=O)c1ccccc1. The zero-order valence-corrected chi connectivity index (χ0v) is 12.4. The van der Waals surface area contributed by atoms with Crippen LogP contribution >= 0.6 is 0 Å². The molecular weight excluding hydrogens is 264 g/mol. The van der Waals surface area contributed by atoms with Crippen molar-refractivity contribution in [2.45, 2.75) is 55.5 Å². The van der Waals surface area contributed by atoms with E-state index in [1.807, 2.05) is 0 Å². The largest absolute Gasteiger partial charge is 0.393 e. The van der Waals surface area contributed by atoms with Gasteiger partial charge in [-0.05, 0) is 45.7 Å². The number of sulfone groups is 1. The Labute approximate surface area is 115 Å². The van der Waals surface area contributed by atoms with Crippen molar-refractivity contribution < 1.29 is 18.6 Å². The summed E-state index contributed by atoms with van der Waals surface area (Å²) in [5, 5.41) is 18.5. The first-order valence-electron chi connectivity index (χ1n) is 6.35. The van der Waals surface area contributed by atoms with Crippen LogP contribution in [-0.4, -0.2) is 35.6 Å². The van der Waals surface area contributed by atoms with Gasteiger partial charge in [0.25, 0.3) is 0 Å². The summed E-state index contributed by atoms with van der Waals surface area (Å²) in [6, 6.07) is 8.10. The molecule has 1 rings (SSSR count). The molecule has 0 aliphatic carbocycles. The summed E-state index contributed by atoms with van der Waals surface area (Å²) in [7, 11) is -3.62. The first kappa shape index (κ1) is 16.1. The van der Waals surface area contributed by atoms with Crippen molar-refractivity contribution in [3.63, 3.8) is 0 Å². The summed E-state index contributed by atoms with van der Waals surface area (Å²) in [6.07, 6.45) is -0.0325. The highest BCUT2D eigenvalue weighted by Gasteiger charge is 2.38. The van der Waals surface area contributed by atoms with Crippen LogP contribution in [0, 0.1) is 0 Å². The van der Waals surface area contributed by atoms with E-state index in [0.29, 0.717) is 6.42 Å². The van der Waals surface area contributed by atoms with Crippen LogP contribution in [0.1, 0.15) is 33.6 Å². The van der Waals surface area contributed by atoms with Crippen molar-refractivity contribution >= 4 is 9.84 Å². The van der Waals surface area contributed by atoms with Gasteiger partial charge in [-0.3, -0.25) is 0 Å². The van der Waals surface area contributed by atoms with Gasteiger partial charge in [0.05, 0.1) is 21.9 Å². The average molecular weight is 286 g/mol. The fourth-order valence-corrected chi connectivity index (χ4v) is 4.13. The molecule has 0 aliphatic heterocycles. The van der Waals surface area contributed by atoms with Crippen LogP contribution in [-0.2, 0) is 9.84 Å². The standard InChI is InChI=1S/C14H22O4S/c1-11(15)9-10-13(14(2,3)16)19(17,18)12-7-5-4-6-8-12/h4-8,11,13,15-16H,9-10H2,1-3H3. The van der Waals surface area contributed by atoms with Gasteiger partial charge in [0, 0.05) is 0 Å². The van der Waals surface area contributed by atoms with E-state index in [1.54, 1.807) is 25.1 Å². The number of hydrogen-bond donors (Lipinski definition) is 2. The van der Waals surface area contributed by atoms with Gasteiger partial charge in [-0.15, -0.1) is 0 Å². The molecule has 0 spiro atoms. The topological polar surface area (TPSA) is 74.6 Å². The highest BCUT2D eigenvalue weighted by atomic mass is 32.2. The molecule has 0 saturated heterocycles. The van der Waals surface area contributed by atoms with Crippen LogP contribution in [0.5, 0.6) is 0 Å². The van der Waals surface area contributed by atoms with Crippen LogP contribution in [0.15, 0.2) is 35.2 Å². The molecule has 0 bridgehead atoms. The third-order valence-electron chi connectivity index (χ3n) is 3.08. The third-order valence-corrected chi connectivity index (χ3v) is 5.57. The van der Waals surface area contributed by atoms with E-state index in [4.69, 9.17) is 0 Å². The lowest BCUT2D eigenvalue weighted by molar-refractivity contribution is 0.0668. The molecular formula is C14H22O4S. The zero-order chi connectivity index (χ0) is 14.7. The zero-order valence-electron chi connectivity index (χ0n) is 11.6. The Balaban J connectivity index is 3.11. The molecule has 0 saturated carbocycles. The first-order valence-corrected chi connectivity index (χ1v) is 7.89. The monoisotopic (exact) mass is 286 g/mol. The smallest absolute Gasteiger partial charge is 0.184 e. The van der Waals surface area contributed by atoms with Crippen LogP contribution in [0.3, 0.4) is 0 Å². The average Bonchev–Trinajstić information content (AvgIpc) is 2.27. The lowest BCUT2D eigenvalue weighted by Gasteiger charge is -2.29. The van der Waals surface area contributed by atoms with E-state index in [0.717, 1.165) is 0 Å². The summed E-state index contributed by atoms with van der Waals surface area (Å²) in [5.74, 6) is 0. The summed E-state index contributed by atoms with van der Waals surface area (Å²) in [4.78, 5) is 0.202. The molecule has 0 heterocycles. The predicted octanol–water partition coefficient (Wildman–Crippen LogP) is 1.76. The number of hydrogen-bond acceptors (Lipinski definition) is 4. The van der Waals surface area contributed by atoms with Crippen molar-refractivity contribution in [2.75, 3.05) is 0 Å². The third kappa shape index (κ3) is 4.30. The van der Waals surface area contributed by atoms with E-state index in [2.05, 4.69) is 0 Å². The Hall–Kier alpha value is -0.910. The van der Waals surface area contributed by atoms with E-state index >= 15 is 0 Å². The lowest BCUT2D eigenvalue weighted by Crippen LogP contribution is -2.42. The Morgan fingerprint density at radius 3 is 2.11 bits per heavy atom. The summed E-state index contributed by atoms with van der Waals surface area (Å²) >= 11 is 0. The van der Waals surface area contributed by atoms with Crippen molar-refractivity contribution in [1.29, 1.82) is 0 Å². The molecule has 19 heavy (non-hydrogen) atoms. The van der Waals surface area contributed by atoms with Gasteiger partial charge < -0.3 is 10.2 Å². The maximum absolute atomic E-state index is 12.5. The van der Waals surface area contributed by atoms with Gasteiger partial charge in [0.1, 0.15) is 0 Å². The molecule has 2 unspecified atom stereocenters. The Bertz CT molecular complexity index is 486. The summed E-state index contributed by atoms with van der Waals surface area (Å²) in [5.41, 5.74) is -1.36. The Morgan fingerprint density at radius 1 is 1.16 bits per heavy atom. The lowest BCUT2D eigenvalue weighted by atomic mass is 9.99. The van der Waals surface area contributed by atoms with Crippen LogP contribution in [0.2, 0.25) is 0 Å². The molecule has 5 heteroatoms. The van der Waals surface area contributed by atoms with Gasteiger partial charge in [0.2, 0.25) is 0 Å². The maximum Gasteiger partial charge on any atom is 0.184 e. The molecule has 1 aromatic rings. The number of aliphatic hydroxyl groups is 2. The van der Waals surface area contributed by atoms with Gasteiger partial charge >= 0.3 is 0 Å². The first-order chi connectivity index (χ1) is 8.65. The van der Waals surface area contributed by atoms with Gasteiger partial charge in [-0.1, -0.05) is 18.2 Å². The minimum Gasteiger partial charge on any atom is -0.393 e. The second-order valence-electron chi connectivity index (χ2n) is 5.43. The van der Waals surface area contributed by atoms with Gasteiger partial charge in [-0.2, -0.15) is 0 Å². The molecule has 0 aromatic heterocycles. The molecule has 0 aliphatic rings. The van der Waals surface area contributed by atoms with E-state index < -0.39 is 26.8 Å². The van der Waals surface area contributed by atoms with Crippen molar-refractivity contribution in [1.82, 2.24) is 0 Å². The van der Waals surface area contributed by atoms with E-state index in [1.165, 1.54) is 26.0 Å². The predicted molar refractivity (Wildman–Crippen MR) is 74.6 cm³/mol. The van der Waals surface area contributed by atoms with Crippen molar-refractivity contribution in [3.8, 4) is 0 Å². The minimum absolute atomic E-state index is 0.202. The van der Waals surface area contributed by atoms with Crippen molar-refractivity contribution in [2.24, 2.45) is 0 Å². The van der Waals surface area contributed by atoms with Crippen LogP contribution in [0.4, 0.5) is 0 Å². The fraction of sp³-hybridized carbons (Fsp3) is 0.571. The Kier molecular flexibility index (Phi) is 5.12. The number of rotatable bonds is 6. The van der Waals surface area contributed by atoms with E-state index in [9.17, 15) is 18.6 Å². The molecule has 0 radical (unpaired) electrons. The molecule has 2 N–H and O–H groups in total. The van der Waals surface area contributed by atoms with Crippen LogP contribution < -0.4 is 0 Å². The minimum atomic E-state index is -3.62. The van der Waals surface area contributed by atoms with Crippen molar-refractivity contribution in [3.05, 3.63) is 30.3 Å². The molecule has 4 nitrogen and oxygen atoms in total. The summed E-state index contributed by atoms with van der Waals surface area (Å²) < 4.78 is 25.1. The van der Waals surface area contributed by atoms with Crippen LogP contribution in [0.25, 0.3) is 0 Å². The highest BCUT2D eigenvalue weighted by molar-refractivity contribution is 7.92. The summed E-state index contributed by atoms with van der Waals surface area (Å²) in [6.45, 7) is 4.58. The molecule has 1 aromatic carbocycles. The normalized spacial score (nSPS) is 16.1. The quantitative estimate of drug-likeness (QED) is 0.835. The number of aliphatic hydroxyl groups excluding tert-OH is 1. The molecule has 0 amide bonds. The second-order valence-corrected chi connectivity index (χ2v) is 7.56. The second kappa shape index (κ2) is 6.03. The fourth-order valence-electron chi connectivity index (χ4n) is 2.06. The molecule has 108 valence electrons. The Morgan fingerprint density at radius 2 is 1.68 bits per heavy atom. The molecule has 0 fully saturated rings.